The minimum atomic E-state index is 0.450. The van der Waals surface area contributed by atoms with Crippen LogP contribution in [0, 0.1) is 11.3 Å². The average Bonchev–Trinajstić information content (AvgIpc) is 2.51. The van der Waals surface area contributed by atoms with Gasteiger partial charge in [0.2, 0.25) is 0 Å². The second-order valence-corrected chi connectivity index (χ2v) is 5.16. The minimum absolute atomic E-state index is 0.450. The van der Waals surface area contributed by atoms with Crippen molar-refractivity contribution in [1.82, 2.24) is 0 Å². The van der Waals surface area contributed by atoms with E-state index in [0.717, 1.165) is 11.8 Å². The highest BCUT2D eigenvalue weighted by Gasteiger charge is 2.34. The van der Waals surface area contributed by atoms with Gasteiger partial charge in [0.05, 0.1) is 0 Å². The van der Waals surface area contributed by atoms with Crippen LogP contribution in [0.1, 0.15) is 65.2 Å². The van der Waals surface area contributed by atoms with Crippen LogP contribution >= 0.6 is 11.6 Å². The predicted molar refractivity (Wildman–Crippen MR) is 64.9 cm³/mol. The Hall–Kier alpha value is 0.290. The summed E-state index contributed by atoms with van der Waals surface area (Å²) < 4.78 is 0. The first-order chi connectivity index (χ1) is 6.79. The van der Waals surface area contributed by atoms with Gasteiger partial charge in [0.1, 0.15) is 0 Å². The molecule has 1 heteroatoms. The highest BCUT2D eigenvalue weighted by atomic mass is 35.5. The Balaban J connectivity index is 2.64. The van der Waals surface area contributed by atoms with Gasteiger partial charge in [-0.05, 0) is 37.0 Å². The quantitative estimate of drug-likeness (QED) is 0.458. The third kappa shape index (κ3) is 2.66. The molecule has 0 amide bonds. The van der Waals surface area contributed by atoms with Gasteiger partial charge in [0.25, 0.3) is 0 Å². The van der Waals surface area contributed by atoms with E-state index in [9.17, 15) is 0 Å². The van der Waals surface area contributed by atoms with E-state index in [1.54, 1.807) is 0 Å². The summed E-state index contributed by atoms with van der Waals surface area (Å²) in [7, 11) is 0. The minimum Gasteiger partial charge on any atom is -0.126 e. The third-order valence-electron chi connectivity index (χ3n) is 4.40. The normalized spacial score (nSPS) is 20.8. The molecule has 84 valence electrons. The van der Waals surface area contributed by atoms with Crippen molar-refractivity contribution in [1.29, 1.82) is 0 Å². The van der Waals surface area contributed by atoms with Crippen molar-refractivity contribution >= 4 is 11.6 Å². The molecule has 0 saturated heterocycles. The molecular formula is C13H25Cl. The Bertz CT molecular complexity index is 133. The second-order valence-electron chi connectivity index (χ2n) is 4.89. The first-order valence-electron chi connectivity index (χ1n) is 6.35. The van der Waals surface area contributed by atoms with Crippen molar-refractivity contribution in [3.8, 4) is 0 Å². The molecule has 1 aliphatic carbocycles. The van der Waals surface area contributed by atoms with Gasteiger partial charge in [0.15, 0.2) is 0 Å². The van der Waals surface area contributed by atoms with E-state index in [2.05, 4.69) is 13.8 Å². The summed E-state index contributed by atoms with van der Waals surface area (Å²) in [5.74, 6) is 1.77. The SMILES string of the molecule is CCC(CC)(CCl)C1CCCCCC1. The van der Waals surface area contributed by atoms with Crippen molar-refractivity contribution in [2.45, 2.75) is 65.2 Å². The van der Waals surface area contributed by atoms with E-state index < -0.39 is 0 Å². The summed E-state index contributed by atoms with van der Waals surface area (Å²) in [6.07, 6.45) is 11.1. The van der Waals surface area contributed by atoms with Crippen LogP contribution in [0.5, 0.6) is 0 Å². The van der Waals surface area contributed by atoms with E-state index >= 15 is 0 Å². The molecule has 0 aliphatic heterocycles. The number of alkyl halides is 1. The summed E-state index contributed by atoms with van der Waals surface area (Å²) >= 11 is 6.21. The Kier molecular flexibility index (Phi) is 5.30. The number of halogens is 1. The lowest BCUT2D eigenvalue weighted by atomic mass is 9.69. The summed E-state index contributed by atoms with van der Waals surface area (Å²) in [6.45, 7) is 4.63. The molecule has 0 aromatic heterocycles. The first-order valence-corrected chi connectivity index (χ1v) is 6.88. The molecule has 1 aliphatic rings. The highest BCUT2D eigenvalue weighted by molar-refractivity contribution is 6.18. The predicted octanol–water partition coefficient (Wildman–Crippen LogP) is 5.00. The van der Waals surface area contributed by atoms with Gasteiger partial charge in [0, 0.05) is 5.88 Å². The molecule has 0 spiro atoms. The average molecular weight is 217 g/mol. The summed E-state index contributed by atoms with van der Waals surface area (Å²) in [4.78, 5) is 0. The lowest BCUT2D eigenvalue weighted by Crippen LogP contribution is -2.31. The van der Waals surface area contributed by atoms with Gasteiger partial charge in [-0.2, -0.15) is 0 Å². The lowest BCUT2D eigenvalue weighted by molar-refractivity contribution is 0.154. The van der Waals surface area contributed by atoms with Crippen molar-refractivity contribution < 1.29 is 0 Å². The molecular weight excluding hydrogens is 192 g/mol. The van der Waals surface area contributed by atoms with Crippen LogP contribution in [-0.2, 0) is 0 Å². The van der Waals surface area contributed by atoms with Crippen molar-refractivity contribution in [2.24, 2.45) is 11.3 Å². The second kappa shape index (κ2) is 6.00. The fourth-order valence-corrected chi connectivity index (χ4v) is 3.61. The van der Waals surface area contributed by atoms with E-state index in [4.69, 9.17) is 11.6 Å². The lowest BCUT2D eigenvalue weighted by Gasteiger charge is -2.38. The van der Waals surface area contributed by atoms with E-state index in [0.29, 0.717) is 5.41 Å². The Labute approximate surface area is 94.4 Å². The third-order valence-corrected chi connectivity index (χ3v) is 4.93. The number of hydrogen-bond acceptors (Lipinski definition) is 0. The molecule has 1 saturated carbocycles. The highest BCUT2D eigenvalue weighted by Crippen LogP contribution is 2.43. The van der Waals surface area contributed by atoms with E-state index in [-0.39, 0.29) is 0 Å². The van der Waals surface area contributed by atoms with Gasteiger partial charge in [-0.25, -0.2) is 0 Å². The van der Waals surface area contributed by atoms with Crippen molar-refractivity contribution in [2.75, 3.05) is 5.88 Å². The van der Waals surface area contributed by atoms with Crippen LogP contribution in [0.3, 0.4) is 0 Å². The zero-order valence-electron chi connectivity index (χ0n) is 9.82. The molecule has 14 heavy (non-hydrogen) atoms. The fourth-order valence-electron chi connectivity index (χ4n) is 3.02. The monoisotopic (exact) mass is 216 g/mol. The van der Waals surface area contributed by atoms with Crippen LogP contribution in [0.25, 0.3) is 0 Å². The maximum atomic E-state index is 6.21. The Morgan fingerprint density at radius 3 is 1.86 bits per heavy atom. The summed E-state index contributed by atoms with van der Waals surface area (Å²) in [6, 6.07) is 0. The van der Waals surface area contributed by atoms with Gasteiger partial charge >= 0.3 is 0 Å². The fraction of sp³-hybridized carbons (Fsp3) is 1.00. The van der Waals surface area contributed by atoms with Crippen LogP contribution < -0.4 is 0 Å². The molecule has 0 N–H and O–H groups in total. The molecule has 0 nitrogen and oxygen atoms in total. The molecule has 0 heterocycles. The number of rotatable bonds is 4. The zero-order valence-corrected chi connectivity index (χ0v) is 10.6. The zero-order chi connectivity index (χ0) is 10.4. The molecule has 0 aromatic carbocycles. The number of hydrogen-bond donors (Lipinski definition) is 0. The van der Waals surface area contributed by atoms with Gasteiger partial charge in [-0.3, -0.25) is 0 Å². The molecule has 0 radical (unpaired) electrons. The van der Waals surface area contributed by atoms with Crippen molar-refractivity contribution in [3.05, 3.63) is 0 Å². The molecule has 1 rings (SSSR count). The van der Waals surface area contributed by atoms with E-state index in [1.807, 2.05) is 0 Å². The van der Waals surface area contributed by atoms with E-state index in [1.165, 1.54) is 51.4 Å². The standard InChI is InChI=1S/C13H25Cl/c1-3-13(4-2,11-14)12-9-7-5-6-8-10-12/h12H,3-11H2,1-2H3. The van der Waals surface area contributed by atoms with Crippen molar-refractivity contribution in [3.63, 3.8) is 0 Å². The summed E-state index contributed by atoms with van der Waals surface area (Å²) in [5, 5.41) is 0. The molecule has 0 atom stereocenters. The van der Waals surface area contributed by atoms with Gasteiger partial charge in [-0.1, -0.05) is 39.5 Å². The topological polar surface area (TPSA) is 0 Å². The molecule has 0 bridgehead atoms. The van der Waals surface area contributed by atoms with Crippen LogP contribution in [0.15, 0.2) is 0 Å². The molecule has 0 unspecified atom stereocenters. The Morgan fingerprint density at radius 2 is 1.50 bits per heavy atom. The molecule has 0 aromatic rings. The van der Waals surface area contributed by atoms with Gasteiger partial charge < -0.3 is 0 Å². The van der Waals surface area contributed by atoms with Gasteiger partial charge in [-0.15, -0.1) is 11.6 Å². The largest absolute Gasteiger partial charge is 0.126 e. The first kappa shape index (κ1) is 12.4. The smallest absolute Gasteiger partial charge is 0.0282 e. The van der Waals surface area contributed by atoms with Crippen LogP contribution in [0.4, 0.5) is 0 Å². The van der Waals surface area contributed by atoms with Crippen LogP contribution in [-0.4, -0.2) is 5.88 Å². The van der Waals surface area contributed by atoms with Crippen LogP contribution in [0.2, 0.25) is 0 Å². The Morgan fingerprint density at radius 1 is 1.00 bits per heavy atom. The maximum Gasteiger partial charge on any atom is 0.0282 e. The summed E-state index contributed by atoms with van der Waals surface area (Å²) in [5.41, 5.74) is 0.450. The molecule has 1 fully saturated rings. The maximum absolute atomic E-state index is 6.21.